The number of halogens is 2. The Balaban J connectivity index is 2.14. The number of hydrogen-bond donors (Lipinski definition) is 0. The first kappa shape index (κ1) is 16.8. The summed E-state index contributed by atoms with van der Waals surface area (Å²) < 4.78 is 26.0. The maximum Gasteiger partial charge on any atom is 0.265 e. The van der Waals surface area contributed by atoms with E-state index in [1.165, 1.54) is 18.2 Å². The van der Waals surface area contributed by atoms with Crippen molar-refractivity contribution in [3.05, 3.63) is 86.0 Å². The molecule has 0 spiro atoms. The predicted octanol–water partition coefficient (Wildman–Crippen LogP) is 4.16. The Labute approximate surface area is 148 Å². The SMILES string of the molecule is O=c1ccc2ccccc2n1S(=O)(=O)/C=C/c1ccc(Cl)cc1Cl. The van der Waals surface area contributed by atoms with Gasteiger partial charge in [0.1, 0.15) is 0 Å². The van der Waals surface area contributed by atoms with E-state index in [0.717, 1.165) is 9.38 Å². The molecule has 0 saturated carbocycles. The fraction of sp³-hybridized carbons (Fsp3) is 0. The Morgan fingerprint density at radius 3 is 2.46 bits per heavy atom. The molecule has 0 aliphatic rings. The maximum absolute atomic E-state index is 12.6. The van der Waals surface area contributed by atoms with Crippen molar-refractivity contribution in [1.29, 1.82) is 0 Å². The van der Waals surface area contributed by atoms with E-state index in [1.54, 1.807) is 42.5 Å². The van der Waals surface area contributed by atoms with E-state index >= 15 is 0 Å². The third-order valence-corrected chi connectivity index (χ3v) is 5.33. The molecule has 0 bridgehead atoms. The van der Waals surface area contributed by atoms with Gasteiger partial charge in [0.15, 0.2) is 0 Å². The van der Waals surface area contributed by atoms with Crippen LogP contribution >= 0.6 is 23.2 Å². The molecule has 0 amide bonds. The smallest absolute Gasteiger partial charge is 0.265 e. The van der Waals surface area contributed by atoms with E-state index in [1.807, 2.05) is 0 Å². The van der Waals surface area contributed by atoms with Crippen molar-refractivity contribution in [3.63, 3.8) is 0 Å². The highest BCUT2D eigenvalue weighted by Gasteiger charge is 2.14. The van der Waals surface area contributed by atoms with Crippen LogP contribution in [0.1, 0.15) is 5.56 Å². The quantitative estimate of drug-likeness (QED) is 0.686. The molecule has 3 aromatic rings. The van der Waals surface area contributed by atoms with Crippen LogP contribution in [0.5, 0.6) is 0 Å². The number of hydrogen-bond acceptors (Lipinski definition) is 3. The fourth-order valence-electron chi connectivity index (χ4n) is 2.28. The van der Waals surface area contributed by atoms with Crippen LogP contribution in [0.25, 0.3) is 17.0 Å². The largest absolute Gasteiger partial charge is 0.268 e. The van der Waals surface area contributed by atoms with Gasteiger partial charge < -0.3 is 0 Å². The van der Waals surface area contributed by atoms with Crippen molar-refractivity contribution in [3.8, 4) is 0 Å². The van der Waals surface area contributed by atoms with Gasteiger partial charge in [-0.1, -0.05) is 47.5 Å². The standard InChI is InChI=1S/C17H11Cl2NO3S/c18-14-7-5-12(15(19)11-14)9-10-24(22,23)20-16-4-2-1-3-13(16)6-8-17(20)21/h1-11H/b10-9+. The van der Waals surface area contributed by atoms with Gasteiger partial charge in [-0.3, -0.25) is 4.79 Å². The molecule has 7 heteroatoms. The van der Waals surface area contributed by atoms with Crippen LogP contribution in [0.3, 0.4) is 0 Å². The highest BCUT2D eigenvalue weighted by atomic mass is 35.5. The topological polar surface area (TPSA) is 56.1 Å². The van der Waals surface area contributed by atoms with Crippen molar-refractivity contribution in [2.24, 2.45) is 0 Å². The van der Waals surface area contributed by atoms with Crippen molar-refractivity contribution in [2.45, 2.75) is 0 Å². The molecule has 0 atom stereocenters. The number of fused-ring (bicyclic) bond motifs is 1. The molecule has 0 fully saturated rings. The van der Waals surface area contributed by atoms with Crippen molar-refractivity contribution in [1.82, 2.24) is 3.97 Å². The fourth-order valence-corrected chi connectivity index (χ4v) is 3.94. The normalized spacial score (nSPS) is 12.1. The van der Waals surface area contributed by atoms with E-state index in [2.05, 4.69) is 0 Å². The first-order chi connectivity index (χ1) is 11.4. The highest BCUT2D eigenvalue weighted by molar-refractivity contribution is 7.93. The molecule has 122 valence electrons. The molecule has 24 heavy (non-hydrogen) atoms. The summed E-state index contributed by atoms with van der Waals surface area (Å²) in [6.45, 7) is 0. The van der Waals surface area contributed by atoms with Crippen LogP contribution in [0.4, 0.5) is 0 Å². The molecule has 0 N–H and O–H groups in total. The zero-order chi connectivity index (χ0) is 17.3. The predicted molar refractivity (Wildman–Crippen MR) is 98.0 cm³/mol. The Morgan fingerprint density at radius 2 is 1.71 bits per heavy atom. The molecule has 0 unspecified atom stereocenters. The number of benzene rings is 2. The molecule has 0 aliphatic carbocycles. The summed E-state index contributed by atoms with van der Waals surface area (Å²) in [4.78, 5) is 12.1. The zero-order valence-electron chi connectivity index (χ0n) is 12.2. The minimum atomic E-state index is -4.01. The second-order valence-corrected chi connectivity index (χ2v) is 7.52. The third-order valence-electron chi connectivity index (χ3n) is 3.40. The molecule has 4 nitrogen and oxygen atoms in total. The maximum atomic E-state index is 12.6. The van der Waals surface area contributed by atoms with Gasteiger partial charge in [-0.2, -0.15) is 3.97 Å². The minimum absolute atomic E-state index is 0.317. The number of pyridine rings is 1. The van der Waals surface area contributed by atoms with E-state index < -0.39 is 15.6 Å². The van der Waals surface area contributed by atoms with Gasteiger partial charge in [-0.25, -0.2) is 8.42 Å². The van der Waals surface area contributed by atoms with E-state index in [-0.39, 0.29) is 0 Å². The van der Waals surface area contributed by atoms with Crippen LogP contribution in [0, 0.1) is 0 Å². The number of aromatic nitrogens is 1. The average Bonchev–Trinajstić information content (AvgIpc) is 2.53. The summed E-state index contributed by atoms with van der Waals surface area (Å²) in [5.41, 5.74) is 0.176. The van der Waals surface area contributed by atoms with Crippen LogP contribution in [0.2, 0.25) is 10.0 Å². The lowest BCUT2D eigenvalue weighted by Crippen LogP contribution is -2.25. The Bertz CT molecular complexity index is 1120. The van der Waals surface area contributed by atoms with Gasteiger partial charge in [0, 0.05) is 16.1 Å². The Kier molecular flexibility index (Phi) is 4.49. The summed E-state index contributed by atoms with van der Waals surface area (Å²) in [5.74, 6) is 0. The zero-order valence-corrected chi connectivity index (χ0v) is 14.5. The summed E-state index contributed by atoms with van der Waals surface area (Å²) in [6.07, 6.45) is 1.34. The second kappa shape index (κ2) is 6.43. The molecular formula is C17H11Cl2NO3S. The molecule has 1 aromatic heterocycles. The molecule has 3 rings (SSSR count). The van der Waals surface area contributed by atoms with E-state index in [9.17, 15) is 13.2 Å². The van der Waals surface area contributed by atoms with Crippen LogP contribution in [-0.4, -0.2) is 12.4 Å². The summed E-state index contributed by atoms with van der Waals surface area (Å²) in [5, 5.41) is 2.37. The van der Waals surface area contributed by atoms with Gasteiger partial charge in [-0.15, -0.1) is 0 Å². The lowest BCUT2D eigenvalue weighted by atomic mass is 10.2. The third kappa shape index (κ3) is 3.24. The van der Waals surface area contributed by atoms with Gasteiger partial charge in [0.25, 0.3) is 15.6 Å². The molecule has 0 radical (unpaired) electrons. The highest BCUT2D eigenvalue weighted by Crippen LogP contribution is 2.22. The molecule has 0 saturated heterocycles. The number of nitrogens with zero attached hydrogens (tertiary/aromatic N) is 1. The Hall–Kier alpha value is -2.08. The first-order valence-electron chi connectivity index (χ1n) is 6.88. The van der Waals surface area contributed by atoms with Gasteiger partial charge in [-0.05, 0) is 41.3 Å². The van der Waals surface area contributed by atoms with E-state index in [4.69, 9.17) is 23.2 Å². The average molecular weight is 380 g/mol. The molecule has 0 aliphatic heterocycles. The van der Waals surface area contributed by atoms with Crippen LogP contribution in [0.15, 0.2) is 64.8 Å². The molecule has 2 aromatic carbocycles. The first-order valence-corrected chi connectivity index (χ1v) is 9.14. The van der Waals surface area contributed by atoms with Crippen LogP contribution in [-0.2, 0) is 10.0 Å². The van der Waals surface area contributed by atoms with Crippen molar-refractivity contribution >= 4 is 50.2 Å². The van der Waals surface area contributed by atoms with Gasteiger partial charge in [0.05, 0.1) is 10.9 Å². The van der Waals surface area contributed by atoms with E-state index in [0.29, 0.717) is 26.5 Å². The second-order valence-electron chi connectivity index (χ2n) is 5.01. The monoisotopic (exact) mass is 379 g/mol. The minimum Gasteiger partial charge on any atom is -0.268 e. The lowest BCUT2D eigenvalue weighted by molar-refractivity contribution is 0.596. The number of rotatable bonds is 3. The summed E-state index contributed by atoms with van der Waals surface area (Å²) in [7, 11) is -4.01. The number of para-hydroxylation sites is 1. The summed E-state index contributed by atoms with van der Waals surface area (Å²) >= 11 is 11.8. The summed E-state index contributed by atoms with van der Waals surface area (Å²) in [6, 6.07) is 14.3. The van der Waals surface area contributed by atoms with Crippen molar-refractivity contribution in [2.75, 3.05) is 0 Å². The Morgan fingerprint density at radius 1 is 0.958 bits per heavy atom. The molecule has 1 heterocycles. The van der Waals surface area contributed by atoms with Gasteiger partial charge in [0.2, 0.25) is 0 Å². The van der Waals surface area contributed by atoms with Gasteiger partial charge >= 0.3 is 0 Å². The lowest BCUT2D eigenvalue weighted by Gasteiger charge is -2.08. The van der Waals surface area contributed by atoms with Crippen LogP contribution < -0.4 is 5.56 Å². The molecular weight excluding hydrogens is 369 g/mol. The van der Waals surface area contributed by atoms with Crippen molar-refractivity contribution < 1.29 is 8.42 Å².